The summed E-state index contributed by atoms with van der Waals surface area (Å²) in [5.74, 6) is 0. The van der Waals surface area contributed by atoms with Crippen LogP contribution < -0.4 is 0 Å². The molecule has 2 aromatic rings. The number of rotatable bonds is 6. The molecule has 8 heteroatoms. The number of hydrogen-bond acceptors (Lipinski definition) is 5. The molecule has 1 saturated heterocycles. The zero-order valence-electron chi connectivity index (χ0n) is 13.0. The highest BCUT2D eigenvalue weighted by atomic mass is 32.2. The van der Waals surface area contributed by atoms with Crippen molar-refractivity contribution in [3.63, 3.8) is 0 Å². The summed E-state index contributed by atoms with van der Waals surface area (Å²) in [4.78, 5) is 0. The van der Waals surface area contributed by atoms with Gasteiger partial charge in [0.25, 0.3) is 0 Å². The van der Waals surface area contributed by atoms with Gasteiger partial charge < -0.3 is 4.74 Å². The van der Waals surface area contributed by atoms with Crippen LogP contribution in [0.2, 0.25) is 0 Å². The van der Waals surface area contributed by atoms with Gasteiger partial charge in [-0.3, -0.25) is 0 Å². The van der Waals surface area contributed by atoms with Crippen LogP contribution in [0.4, 0.5) is 0 Å². The van der Waals surface area contributed by atoms with Crippen molar-refractivity contribution in [1.82, 2.24) is 19.3 Å². The van der Waals surface area contributed by atoms with Crippen LogP contribution in [0, 0.1) is 0 Å². The Kier molecular flexibility index (Phi) is 4.74. The topological polar surface area (TPSA) is 77.3 Å². The molecule has 124 valence electrons. The molecule has 1 aromatic heterocycles. The Morgan fingerprint density at radius 1 is 1.26 bits per heavy atom. The van der Waals surface area contributed by atoms with Crippen molar-refractivity contribution in [2.45, 2.75) is 25.7 Å². The van der Waals surface area contributed by atoms with E-state index >= 15 is 0 Å². The quantitative estimate of drug-likeness (QED) is 0.792. The molecule has 0 N–H and O–H groups in total. The zero-order chi connectivity index (χ0) is 16.3. The minimum atomic E-state index is -3.13. The Labute approximate surface area is 135 Å². The summed E-state index contributed by atoms with van der Waals surface area (Å²) in [6.07, 6.45) is 3.82. The van der Waals surface area contributed by atoms with Gasteiger partial charge in [-0.1, -0.05) is 35.5 Å². The van der Waals surface area contributed by atoms with Gasteiger partial charge in [0.05, 0.1) is 31.7 Å². The fraction of sp³-hybridized carbons (Fsp3) is 0.467. The fourth-order valence-corrected chi connectivity index (χ4v) is 3.51. The third-order valence-electron chi connectivity index (χ3n) is 3.89. The van der Waals surface area contributed by atoms with Crippen LogP contribution >= 0.6 is 0 Å². The summed E-state index contributed by atoms with van der Waals surface area (Å²) >= 11 is 0. The Bertz CT molecular complexity index is 745. The lowest BCUT2D eigenvalue weighted by atomic mass is 10.2. The van der Waals surface area contributed by atoms with Crippen molar-refractivity contribution in [3.8, 4) is 0 Å². The van der Waals surface area contributed by atoms with E-state index in [9.17, 15) is 8.42 Å². The van der Waals surface area contributed by atoms with E-state index in [0.717, 1.165) is 17.7 Å². The molecule has 0 radical (unpaired) electrons. The summed E-state index contributed by atoms with van der Waals surface area (Å²) in [7, 11) is -3.13. The number of sulfonamides is 1. The van der Waals surface area contributed by atoms with Gasteiger partial charge in [0, 0.05) is 13.1 Å². The summed E-state index contributed by atoms with van der Waals surface area (Å²) in [6.45, 7) is 1.89. The van der Waals surface area contributed by atoms with Gasteiger partial charge in [-0.25, -0.2) is 13.1 Å². The maximum absolute atomic E-state index is 11.6. The number of benzene rings is 1. The highest BCUT2D eigenvalue weighted by molar-refractivity contribution is 7.88. The molecule has 23 heavy (non-hydrogen) atoms. The molecule has 1 fully saturated rings. The molecule has 1 unspecified atom stereocenters. The van der Waals surface area contributed by atoms with E-state index in [2.05, 4.69) is 10.3 Å². The van der Waals surface area contributed by atoms with Gasteiger partial charge in [-0.15, -0.1) is 5.10 Å². The van der Waals surface area contributed by atoms with Crippen molar-refractivity contribution in [3.05, 3.63) is 47.8 Å². The lowest BCUT2D eigenvalue weighted by Crippen LogP contribution is -2.28. The third-order valence-corrected chi connectivity index (χ3v) is 5.16. The summed E-state index contributed by atoms with van der Waals surface area (Å²) in [5, 5.41) is 8.20. The number of aromatic nitrogens is 3. The van der Waals surface area contributed by atoms with Gasteiger partial charge in [0.15, 0.2) is 0 Å². The maximum atomic E-state index is 11.6. The highest BCUT2D eigenvalue weighted by Crippen LogP contribution is 2.22. The Morgan fingerprint density at radius 3 is 2.74 bits per heavy atom. The van der Waals surface area contributed by atoms with Crippen molar-refractivity contribution >= 4 is 10.0 Å². The van der Waals surface area contributed by atoms with E-state index in [1.165, 1.54) is 10.6 Å². The Morgan fingerprint density at radius 2 is 2.04 bits per heavy atom. The molecule has 0 bridgehead atoms. The van der Waals surface area contributed by atoms with Crippen LogP contribution in [0.25, 0.3) is 0 Å². The SMILES string of the molecule is CS(=O)(=O)N1CCC(n2cc(COCc3ccccc3)nn2)C1. The van der Waals surface area contributed by atoms with Crippen molar-refractivity contribution in [2.24, 2.45) is 0 Å². The molecule has 7 nitrogen and oxygen atoms in total. The monoisotopic (exact) mass is 336 g/mol. The standard InChI is InChI=1S/C15H20N4O3S/c1-23(20,21)18-8-7-15(10-18)19-9-14(16-17-19)12-22-11-13-5-3-2-4-6-13/h2-6,9,15H,7-8,10-12H2,1H3. The first kappa shape index (κ1) is 16.1. The second-order valence-electron chi connectivity index (χ2n) is 5.73. The third kappa shape index (κ3) is 4.15. The predicted octanol–water partition coefficient (Wildman–Crippen LogP) is 1.20. The fourth-order valence-electron chi connectivity index (χ4n) is 2.63. The van der Waals surface area contributed by atoms with Crippen LogP contribution in [0.15, 0.2) is 36.5 Å². The maximum Gasteiger partial charge on any atom is 0.211 e. The largest absolute Gasteiger partial charge is 0.370 e. The van der Waals surface area contributed by atoms with E-state index < -0.39 is 10.0 Å². The first-order chi connectivity index (χ1) is 11.0. The second kappa shape index (κ2) is 6.77. The van der Waals surface area contributed by atoms with Crippen LogP contribution in [-0.4, -0.2) is 47.1 Å². The molecule has 2 heterocycles. The van der Waals surface area contributed by atoms with Gasteiger partial charge in [-0.2, -0.15) is 4.31 Å². The predicted molar refractivity (Wildman–Crippen MR) is 85.0 cm³/mol. The number of ether oxygens (including phenoxy) is 1. The van der Waals surface area contributed by atoms with Crippen LogP contribution in [0.1, 0.15) is 23.7 Å². The van der Waals surface area contributed by atoms with Gasteiger partial charge in [0.2, 0.25) is 10.0 Å². The molecular formula is C15H20N4O3S. The van der Waals surface area contributed by atoms with Gasteiger partial charge in [0.1, 0.15) is 5.69 Å². The molecular weight excluding hydrogens is 316 g/mol. The van der Waals surface area contributed by atoms with Crippen molar-refractivity contribution in [1.29, 1.82) is 0 Å². The molecule has 0 spiro atoms. The minimum Gasteiger partial charge on any atom is -0.370 e. The molecule has 1 aliphatic heterocycles. The summed E-state index contributed by atoms with van der Waals surface area (Å²) < 4.78 is 32.0. The minimum absolute atomic E-state index is 0.0418. The number of hydrogen-bond donors (Lipinski definition) is 0. The Balaban J connectivity index is 1.52. The lowest BCUT2D eigenvalue weighted by Gasteiger charge is -2.12. The van der Waals surface area contributed by atoms with Gasteiger partial charge in [-0.05, 0) is 12.0 Å². The first-order valence-electron chi connectivity index (χ1n) is 7.50. The highest BCUT2D eigenvalue weighted by Gasteiger charge is 2.30. The average molecular weight is 336 g/mol. The molecule has 1 atom stereocenters. The van der Waals surface area contributed by atoms with E-state index in [-0.39, 0.29) is 6.04 Å². The molecule has 0 saturated carbocycles. The average Bonchev–Trinajstić information content (AvgIpc) is 3.16. The molecule has 3 rings (SSSR count). The van der Waals surface area contributed by atoms with E-state index in [0.29, 0.717) is 26.3 Å². The molecule has 1 aromatic carbocycles. The van der Waals surface area contributed by atoms with Crippen molar-refractivity contribution in [2.75, 3.05) is 19.3 Å². The van der Waals surface area contributed by atoms with E-state index in [1.807, 2.05) is 36.5 Å². The summed E-state index contributed by atoms with van der Waals surface area (Å²) in [6, 6.07) is 9.98. The van der Waals surface area contributed by atoms with E-state index in [1.54, 1.807) is 4.68 Å². The zero-order valence-corrected chi connectivity index (χ0v) is 13.8. The van der Waals surface area contributed by atoms with Crippen LogP contribution in [-0.2, 0) is 28.0 Å². The molecule has 0 aliphatic carbocycles. The molecule has 0 amide bonds. The number of nitrogens with zero attached hydrogens (tertiary/aromatic N) is 4. The van der Waals surface area contributed by atoms with Crippen LogP contribution in [0.5, 0.6) is 0 Å². The lowest BCUT2D eigenvalue weighted by molar-refractivity contribution is 0.104. The smallest absolute Gasteiger partial charge is 0.211 e. The normalized spacial score (nSPS) is 19.3. The second-order valence-corrected chi connectivity index (χ2v) is 7.71. The van der Waals surface area contributed by atoms with Crippen LogP contribution in [0.3, 0.4) is 0 Å². The van der Waals surface area contributed by atoms with Gasteiger partial charge >= 0.3 is 0 Å². The van der Waals surface area contributed by atoms with Crippen molar-refractivity contribution < 1.29 is 13.2 Å². The molecule has 1 aliphatic rings. The Hall–Kier alpha value is -1.77. The summed E-state index contributed by atoms with van der Waals surface area (Å²) in [5.41, 5.74) is 1.86. The first-order valence-corrected chi connectivity index (χ1v) is 9.35. The van der Waals surface area contributed by atoms with E-state index in [4.69, 9.17) is 4.74 Å².